The van der Waals surface area contributed by atoms with Gasteiger partial charge in [0.25, 0.3) is 5.91 Å². The number of aromatic nitrogens is 2. The van der Waals surface area contributed by atoms with Crippen LogP contribution in [-0.2, 0) is 19.4 Å². The highest BCUT2D eigenvalue weighted by Crippen LogP contribution is 2.28. The van der Waals surface area contributed by atoms with E-state index in [2.05, 4.69) is 10.4 Å². The lowest BCUT2D eigenvalue weighted by atomic mass is 10.1. The largest absolute Gasteiger partial charge is 0.497 e. The van der Waals surface area contributed by atoms with Crippen molar-refractivity contribution >= 4 is 5.91 Å². The number of hydrogen-bond donors (Lipinski definition) is 1. The van der Waals surface area contributed by atoms with Gasteiger partial charge in [-0.3, -0.25) is 4.79 Å². The molecule has 2 aromatic carbocycles. The van der Waals surface area contributed by atoms with Crippen molar-refractivity contribution in [3.05, 3.63) is 76.6 Å². The topological polar surface area (TPSA) is 56.1 Å². The van der Waals surface area contributed by atoms with Crippen LogP contribution in [0.2, 0.25) is 0 Å². The average molecular weight is 383 g/mol. The van der Waals surface area contributed by atoms with Gasteiger partial charge in [0, 0.05) is 23.9 Å². The summed E-state index contributed by atoms with van der Waals surface area (Å²) in [6.45, 7) is 0.336. The average Bonchev–Trinajstić information content (AvgIpc) is 3.31. The smallest absolute Gasteiger partial charge is 0.272 e. The van der Waals surface area contributed by atoms with Crippen LogP contribution in [0.1, 0.15) is 33.7 Å². The summed E-state index contributed by atoms with van der Waals surface area (Å²) in [6, 6.07) is 11.1. The van der Waals surface area contributed by atoms with E-state index in [1.807, 2.05) is 24.3 Å². The molecule has 7 heteroatoms. The van der Waals surface area contributed by atoms with E-state index < -0.39 is 11.6 Å². The highest BCUT2D eigenvalue weighted by molar-refractivity contribution is 5.94. The fourth-order valence-electron chi connectivity index (χ4n) is 3.50. The minimum Gasteiger partial charge on any atom is -0.497 e. The first-order valence-corrected chi connectivity index (χ1v) is 9.04. The number of ether oxygens (including phenoxy) is 1. The molecule has 28 heavy (non-hydrogen) atoms. The molecule has 4 rings (SSSR count). The summed E-state index contributed by atoms with van der Waals surface area (Å²) in [4.78, 5) is 12.7. The summed E-state index contributed by atoms with van der Waals surface area (Å²) in [5.74, 6) is -1.43. The van der Waals surface area contributed by atoms with E-state index >= 15 is 0 Å². The van der Waals surface area contributed by atoms with Crippen LogP contribution in [0.3, 0.4) is 0 Å². The summed E-state index contributed by atoms with van der Waals surface area (Å²) < 4.78 is 33.6. The number of carbonyl (C=O) groups is 1. The molecule has 0 fully saturated rings. The van der Waals surface area contributed by atoms with Crippen molar-refractivity contribution in [2.24, 2.45) is 0 Å². The van der Waals surface area contributed by atoms with Crippen LogP contribution in [0.15, 0.2) is 42.5 Å². The van der Waals surface area contributed by atoms with Gasteiger partial charge in [-0.1, -0.05) is 12.1 Å². The Hall–Kier alpha value is -3.22. The van der Waals surface area contributed by atoms with Gasteiger partial charge in [0.05, 0.1) is 12.8 Å². The quantitative estimate of drug-likeness (QED) is 0.733. The second-order valence-electron chi connectivity index (χ2n) is 6.67. The number of nitrogens with one attached hydrogen (secondary N) is 1. The third-order valence-electron chi connectivity index (χ3n) is 4.88. The predicted octanol–water partition coefficient (Wildman–Crippen LogP) is 3.58. The molecule has 1 amide bonds. The maximum Gasteiger partial charge on any atom is 0.272 e. The predicted molar refractivity (Wildman–Crippen MR) is 99.7 cm³/mol. The number of benzene rings is 2. The molecule has 144 valence electrons. The second-order valence-corrected chi connectivity index (χ2v) is 6.67. The molecule has 0 bridgehead atoms. The Bertz CT molecular complexity index is 1050. The number of halogens is 2. The molecular weight excluding hydrogens is 364 g/mol. The van der Waals surface area contributed by atoms with Crippen molar-refractivity contribution in [2.45, 2.75) is 25.8 Å². The van der Waals surface area contributed by atoms with E-state index in [-0.39, 0.29) is 5.91 Å². The minimum atomic E-state index is -0.941. The third kappa shape index (κ3) is 3.35. The van der Waals surface area contributed by atoms with E-state index in [4.69, 9.17) is 4.74 Å². The summed E-state index contributed by atoms with van der Waals surface area (Å²) in [5, 5.41) is 7.29. The molecular formula is C21H19F2N3O2. The van der Waals surface area contributed by atoms with E-state index in [1.165, 1.54) is 6.07 Å². The lowest BCUT2D eigenvalue weighted by Crippen LogP contribution is -2.24. The lowest BCUT2D eigenvalue weighted by Gasteiger charge is -2.07. The van der Waals surface area contributed by atoms with Gasteiger partial charge in [0.2, 0.25) is 0 Å². The molecule has 0 unspecified atom stereocenters. The molecule has 0 atom stereocenters. The van der Waals surface area contributed by atoms with Crippen LogP contribution in [0.4, 0.5) is 8.78 Å². The van der Waals surface area contributed by atoms with E-state index in [1.54, 1.807) is 11.8 Å². The van der Waals surface area contributed by atoms with Crippen molar-refractivity contribution < 1.29 is 18.3 Å². The van der Waals surface area contributed by atoms with Crippen LogP contribution in [0.25, 0.3) is 5.69 Å². The summed E-state index contributed by atoms with van der Waals surface area (Å²) in [6.07, 6.45) is 2.37. The third-order valence-corrected chi connectivity index (χ3v) is 4.88. The van der Waals surface area contributed by atoms with Gasteiger partial charge in [-0.05, 0) is 49.1 Å². The van der Waals surface area contributed by atoms with Crippen molar-refractivity contribution in [2.75, 3.05) is 7.11 Å². The van der Waals surface area contributed by atoms with Crippen molar-refractivity contribution in [1.82, 2.24) is 15.1 Å². The van der Waals surface area contributed by atoms with Crippen LogP contribution in [0.5, 0.6) is 5.75 Å². The molecule has 0 spiro atoms. The summed E-state index contributed by atoms with van der Waals surface area (Å²) in [7, 11) is 1.59. The molecule has 0 saturated heterocycles. The van der Waals surface area contributed by atoms with Crippen molar-refractivity contribution in [3.8, 4) is 11.4 Å². The van der Waals surface area contributed by atoms with Crippen LogP contribution in [0, 0.1) is 11.6 Å². The van der Waals surface area contributed by atoms with Crippen molar-refractivity contribution in [1.29, 1.82) is 0 Å². The van der Waals surface area contributed by atoms with Crippen LogP contribution in [-0.4, -0.2) is 22.8 Å². The molecule has 0 radical (unpaired) electrons. The number of nitrogens with zero attached hydrogens (tertiary/aromatic N) is 2. The summed E-state index contributed by atoms with van der Waals surface area (Å²) in [5.41, 5.74) is 3.39. The first-order valence-electron chi connectivity index (χ1n) is 9.04. The van der Waals surface area contributed by atoms with Crippen LogP contribution < -0.4 is 10.1 Å². The first-order chi connectivity index (χ1) is 13.6. The zero-order valence-corrected chi connectivity index (χ0v) is 15.3. The lowest BCUT2D eigenvalue weighted by molar-refractivity contribution is 0.0944. The Balaban J connectivity index is 1.59. The zero-order valence-electron chi connectivity index (χ0n) is 15.3. The Morgan fingerprint density at radius 2 is 2.04 bits per heavy atom. The van der Waals surface area contributed by atoms with Gasteiger partial charge in [-0.25, -0.2) is 13.5 Å². The molecule has 1 heterocycles. The van der Waals surface area contributed by atoms with Gasteiger partial charge >= 0.3 is 0 Å². The number of fused-ring (bicyclic) bond motifs is 1. The molecule has 1 aromatic heterocycles. The number of methoxy groups -OCH3 is 1. The van der Waals surface area contributed by atoms with E-state index in [0.717, 1.165) is 54.0 Å². The van der Waals surface area contributed by atoms with Crippen molar-refractivity contribution in [3.63, 3.8) is 0 Å². The number of carbonyl (C=O) groups excluding carboxylic acids is 1. The minimum absolute atomic E-state index is 0.290. The number of amides is 1. The normalized spacial score (nSPS) is 12.7. The fourth-order valence-corrected chi connectivity index (χ4v) is 3.50. The highest BCUT2D eigenvalue weighted by atomic mass is 19.2. The van der Waals surface area contributed by atoms with E-state index in [9.17, 15) is 13.6 Å². The Morgan fingerprint density at radius 3 is 2.82 bits per heavy atom. The number of hydrogen-bond acceptors (Lipinski definition) is 3. The molecule has 0 aliphatic heterocycles. The van der Waals surface area contributed by atoms with E-state index in [0.29, 0.717) is 17.9 Å². The summed E-state index contributed by atoms with van der Waals surface area (Å²) >= 11 is 0. The molecule has 3 aromatic rings. The standard InChI is InChI=1S/C21H19F2N3O2/c1-28-15-5-2-4-13(10-15)12-24-21(27)20-16-6-3-7-19(16)26(25-20)14-8-9-17(22)18(23)11-14/h2,4-5,8-11H,3,6-7,12H2,1H3,(H,24,27). The Labute approximate surface area is 160 Å². The Morgan fingerprint density at radius 1 is 1.18 bits per heavy atom. The zero-order chi connectivity index (χ0) is 19.7. The number of rotatable bonds is 5. The monoisotopic (exact) mass is 383 g/mol. The molecule has 1 aliphatic rings. The van der Waals surface area contributed by atoms with Gasteiger partial charge < -0.3 is 10.1 Å². The molecule has 5 nitrogen and oxygen atoms in total. The first kappa shape index (κ1) is 18.2. The van der Waals surface area contributed by atoms with Gasteiger partial charge in [0.15, 0.2) is 17.3 Å². The molecule has 1 aliphatic carbocycles. The van der Waals surface area contributed by atoms with Gasteiger partial charge in [0.1, 0.15) is 5.75 Å². The van der Waals surface area contributed by atoms with Crippen LogP contribution >= 0.6 is 0 Å². The fraction of sp³-hybridized carbons (Fsp3) is 0.238. The maximum atomic E-state index is 13.6. The Kier molecular flexibility index (Phi) is 4.81. The van der Waals surface area contributed by atoms with Gasteiger partial charge in [-0.2, -0.15) is 5.10 Å². The molecule has 1 N–H and O–H groups in total. The maximum absolute atomic E-state index is 13.6. The molecule has 0 saturated carbocycles. The van der Waals surface area contributed by atoms with Gasteiger partial charge in [-0.15, -0.1) is 0 Å². The SMILES string of the molecule is COc1cccc(CNC(=O)c2nn(-c3ccc(F)c(F)c3)c3c2CCC3)c1. The second kappa shape index (κ2) is 7.42. The highest BCUT2D eigenvalue weighted by Gasteiger charge is 2.27.